The van der Waals surface area contributed by atoms with E-state index in [9.17, 15) is 23.4 Å². The van der Waals surface area contributed by atoms with Gasteiger partial charge in [0, 0.05) is 30.6 Å². The van der Waals surface area contributed by atoms with E-state index in [1.165, 1.54) is 18.2 Å². The number of phenolic OH excluding ortho intramolecular Hbond substituents is 1. The molecule has 8 heteroatoms. The zero-order valence-electron chi connectivity index (χ0n) is 16.0. The van der Waals surface area contributed by atoms with Crippen molar-refractivity contribution in [3.05, 3.63) is 66.2 Å². The molecule has 0 heterocycles. The summed E-state index contributed by atoms with van der Waals surface area (Å²) in [5.74, 6) is -1.23. The predicted octanol–water partition coefficient (Wildman–Crippen LogP) is 2.59. The number of rotatable bonds is 7. The van der Waals surface area contributed by atoms with Gasteiger partial charge in [-0.2, -0.15) is 4.72 Å². The van der Waals surface area contributed by atoms with E-state index in [-0.39, 0.29) is 17.1 Å². The Balaban J connectivity index is 1.98. The first-order chi connectivity index (χ1) is 13.7. The number of hydrogen-bond donors (Lipinski definition) is 3. The third-order valence-corrected chi connectivity index (χ3v) is 6.13. The fourth-order valence-electron chi connectivity index (χ4n) is 3.19. The molecule has 7 nitrogen and oxygen atoms in total. The minimum atomic E-state index is -4.10. The number of aromatic hydroxyl groups is 1. The van der Waals surface area contributed by atoms with Gasteiger partial charge in [0.2, 0.25) is 10.0 Å². The lowest BCUT2D eigenvalue weighted by molar-refractivity contribution is -0.138. The van der Waals surface area contributed by atoms with E-state index in [0.29, 0.717) is 10.9 Å². The van der Waals surface area contributed by atoms with Crippen molar-refractivity contribution in [3.8, 4) is 5.75 Å². The van der Waals surface area contributed by atoms with Gasteiger partial charge in [-0.1, -0.05) is 36.4 Å². The largest absolute Gasteiger partial charge is 0.508 e. The van der Waals surface area contributed by atoms with Crippen LogP contribution in [0.5, 0.6) is 5.75 Å². The van der Waals surface area contributed by atoms with Crippen LogP contribution in [0.25, 0.3) is 10.8 Å². The first-order valence-corrected chi connectivity index (χ1v) is 10.4. The van der Waals surface area contributed by atoms with Gasteiger partial charge >= 0.3 is 5.97 Å². The number of carboxylic acids is 1. The molecule has 152 valence electrons. The van der Waals surface area contributed by atoms with Gasteiger partial charge in [-0.05, 0) is 36.2 Å². The lowest BCUT2D eigenvalue weighted by Gasteiger charge is -2.19. The molecule has 0 saturated heterocycles. The van der Waals surface area contributed by atoms with E-state index in [1.54, 1.807) is 30.3 Å². The number of sulfonamides is 1. The van der Waals surface area contributed by atoms with E-state index < -0.39 is 22.0 Å². The summed E-state index contributed by atoms with van der Waals surface area (Å²) in [6.45, 7) is 0. The highest BCUT2D eigenvalue weighted by molar-refractivity contribution is 7.89. The van der Waals surface area contributed by atoms with Crippen molar-refractivity contribution < 1.29 is 23.4 Å². The molecule has 0 bridgehead atoms. The van der Waals surface area contributed by atoms with Crippen LogP contribution in [0.4, 0.5) is 5.69 Å². The SMILES string of the molecule is CN(C)c1cccc2c(S(=O)(=O)N[14C@@H]([14CH2][14c]3[14cH][14cH][14c](O)[14cH][14cH]3)[14C](=O)O)cccc12. The third-order valence-electron chi connectivity index (χ3n) is 4.60. The molecule has 0 aliphatic rings. The van der Waals surface area contributed by atoms with Gasteiger partial charge in [0.25, 0.3) is 0 Å². The predicted molar refractivity (Wildman–Crippen MR) is 112 cm³/mol. The maximum Gasteiger partial charge on any atom is 0.322 e. The van der Waals surface area contributed by atoms with Crippen LogP contribution in [-0.4, -0.2) is 44.7 Å². The van der Waals surface area contributed by atoms with Gasteiger partial charge in [0.1, 0.15) is 11.8 Å². The Kier molecular flexibility index (Phi) is 5.76. The summed E-state index contributed by atoms with van der Waals surface area (Å²) in [7, 11) is -0.366. The number of nitrogens with one attached hydrogen (secondary N) is 1. The number of nitrogens with zero attached hydrogens (tertiary/aromatic N) is 1. The van der Waals surface area contributed by atoms with Crippen LogP contribution in [0.2, 0.25) is 0 Å². The van der Waals surface area contributed by atoms with E-state index in [0.717, 1.165) is 11.1 Å². The Morgan fingerprint density at radius 1 is 1.10 bits per heavy atom. The van der Waals surface area contributed by atoms with Crippen LogP contribution in [0, 0.1) is 0 Å². The standard InChI is InChI=1S/C21H22N2O5S/c1-23(2)19-7-3-6-17-16(19)5-4-8-20(17)29(27,28)22-18(21(25)26)13-14-9-11-15(24)12-10-14/h3-12,18,22,24H,13H2,1-2H3,(H,25,26)/t18-/m0/s1/i9+2,10+2,11+2,12+2,13+2,14+2,15+2,18+2,21+2. The molecular formula is C21H22N2O5S. The number of hydrogen-bond acceptors (Lipinski definition) is 5. The molecule has 0 spiro atoms. The summed E-state index contributed by atoms with van der Waals surface area (Å²) in [6.07, 6.45) is -0.0530. The second-order valence-electron chi connectivity index (χ2n) is 6.91. The smallest absolute Gasteiger partial charge is 0.322 e. The Hall–Kier alpha value is -3.10. The zero-order chi connectivity index (χ0) is 21.2. The fourth-order valence-corrected chi connectivity index (χ4v) is 4.60. The van der Waals surface area contributed by atoms with Crippen molar-refractivity contribution in [3.63, 3.8) is 0 Å². The number of carboxylic acid groups (broad SMARTS) is 1. The maximum atomic E-state index is 13.1. The number of aliphatic carboxylic acids is 1. The Morgan fingerprint density at radius 2 is 1.72 bits per heavy atom. The molecule has 0 radical (unpaired) electrons. The highest BCUT2D eigenvalue weighted by Crippen LogP contribution is 2.30. The number of phenols is 1. The van der Waals surface area contributed by atoms with Crippen LogP contribution < -0.4 is 9.62 Å². The lowest BCUT2D eigenvalue weighted by atomic mass is 10.1. The monoisotopic (exact) mass is 432 g/mol. The van der Waals surface area contributed by atoms with Crippen LogP contribution in [-0.2, 0) is 21.2 Å². The van der Waals surface area contributed by atoms with Crippen molar-refractivity contribution in [1.29, 1.82) is 0 Å². The number of anilines is 1. The highest BCUT2D eigenvalue weighted by Gasteiger charge is 2.27. The van der Waals surface area contributed by atoms with Gasteiger partial charge in [0.05, 0.1) is 4.90 Å². The first kappa shape index (κ1) is 20.6. The van der Waals surface area contributed by atoms with Gasteiger partial charge in [-0.25, -0.2) is 8.42 Å². The summed E-state index contributed by atoms with van der Waals surface area (Å²) in [6, 6.07) is 14.9. The van der Waals surface area contributed by atoms with Crippen LogP contribution >= 0.6 is 0 Å². The molecule has 3 aromatic carbocycles. The highest BCUT2D eigenvalue weighted by atomic mass is 32.2. The number of carbonyl (C=O) groups is 1. The third kappa shape index (κ3) is 4.49. The lowest BCUT2D eigenvalue weighted by Crippen LogP contribution is -2.42. The Bertz CT molecular complexity index is 1140. The summed E-state index contributed by atoms with van der Waals surface area (Å²) in [4.78, 5) is 13.6. The minimum Gasteiger partial charge on any atom is -0.508 e. The summed E-state index contributed by atoms with van der Waals surface area (Å²) in [5, 5.41) is 20.2. The topological polar surface area (TPSA) is 107 Å². The molecule has 0 aliphatic heterocycles. The second-order valence-corrected chi connectivity index (χ2v) is 8.59. The average Bonchev–Trinajstić information content (AvgIpc) is 2.67. The van der Waals surface area contributed by atoms with Gasteiger partial charge < -0.3 is 15.1 Å². The summed E-state index contributed by atoms with van der Waals surface area (Å²) in [5.41, 5.74) is 1.45. The summed E-state index contributed by atoms with van der Waals surface area (Å²) < 4.78 is 28.4. The van der Waals surface area contributed by atoms with Crippen molar-refractivity contribution in [2.45, 2.75) is 17.4 Å². The molecule has 3 N–H and O–H groups in total. The fraction of sp³-hybridized carbons (Fsp3) is 0.190. The summed E-state index contributed by atoms with van der Waals surface area (Å²) >= 11 is 0. The van der Waals surface area contributed by atoms with E-state index in [2.05, 4.69) is 4.72 Å². The van der Waals surface area contributed by atoms with Crippen molar-refractivity contribution in [2.24, 2.45) is 0 Å². The quantitative estimate of drug-likeness (QED) is 0.530. The molecule has 0 aliphatic carbocycles. The molecule has 1 atom stereocenters. The Labute approximate surface area is 169 Å². The molecule has 0 saturated carbocycles. The zero-order valence-corrected chi connectivity index (χ0v) is 16.8. The normalized spacial score (nSPS) is 12.6. The number of fused-ring (bicyclic) bond motifs is 1. The van der Waals surface area contributed by atoms with Crippen LogP contribution in [0.1, 0.15) is 5.56 Å². The van der Waals surface area contributed by atoms with Gasteiger partial charge in [-0.3, -0.25) is 4.79 Å². The van der Waals surface area contributed by atoms with Crippen LogP contribution in [0.3, 0.4) is 0 Å². The number of benzene rings is 3. The van der Waals surface area contributed by atoms with E-state index >= 15 is 0 Å². The molecule has 3 rings (SSSR count). The average molecular weight is 432 g/mol. The maximum absolute atomic E-state index is 13.1. The minimum absolute atomic E-state index is 0.0238. The molecule has 0 unspecified atom stereocenters. The van der Waals surface area contributed by atoms with Gasteiger partial charge in [-0.15, -0.1) is 0 Å². The van der Waals surface area contributed by atoms with E-state index in [1.807, 2.05) is 31.1 Å². The van der Waals surface area contributed by atoms with E-state index in [4.69, 9.17) is 0 Å². The molecular weight excluding hydrogens is 410 g/mol. The Morgan fingerprint density at radius 3 is 2.34 bits per heavy atom. The van der Waals surface area contributed by atoms with Crippen molar-refractivity contribution >= 4 is 32.5 Å². The first-order valence-electron chi connectivity index (χ1n) is 8.91. The molecule has 29 heavy (non-hydrogen) atoms. The van der Waals surface area contributed by atoms with Crippen molar-refractivity contribution in [2.75, 3.05) is 19.0 Å². The van der Waals surface area contributed by atoms with Gasteiger partial charge in [0.15, 0.2) is 0 Å². The molecule has 0 amide bonds. The molecule has 0 aromatic heterocycles. The molecule has 0 fully saturated rings. The van der Waals surface area contributed by atoms with Crippen LogP contribution in [0.15, 0.2) is 65.6 Å². The molecule has 3 aromatic rings. The second kappa shape index (κ2) is 8.10. The van der Waals surface area contributed by atoms with Crippen molar-refractivity contribution in [1.82, 2.24) is 4.72 Å².